The third kappa shape index (κ3) is 4.05. The highest BCUT2D eigenvalue weighted by molar-refractivity contribution is 5.61. The van der Waals surface area contributed by atoms with E-state index in [2.05, 4.69) is 59.2 Å². The van der Waals surface area contributed by atoms with Gasteiger partial charge in [0.05, 0.1) is 0 Å². The maximum Gasteiger partial charge on any atom is 0.169 e. The molecule has 3 heteroatoms. The van der Waals surface area contributed by atoms with Crippen LogP contribution in [-0.2, 0) is 0 Å². The smallest absolute Gasteiger partial charge is 0.169 e. The van der Waals surface area contributed by atoms with Crippen molar-refractivity contribution >= 4 is 0 Å². The van der Waals surface area contributed by atoms with E-state index in [1.165, 1.54) is 29.5 Å². The van der Waals surface area contributed by atoms with Gasteiger partial charge in [-0.1, -0.05) is 18.2 Å². The number of hydrogen-bond donors (Lipinski definition) is 0. The monoisotopic (exact) mass is 312 g/mol. The van der Waals surface area contributed by atoms with E-state index in [4.69, 9.17) is 0 Å². The average Bonchev–Trinajstić information content (AvgIpc) is 2.57. The summed E-state index contributed by atoms with van der Waals surface area (Å²) in [4.78, 5) is 4.06. The fourth-order valence-electron chi connectivity index (χ4n) is 2.73. The van der Waals surface area contributed by atoms with Crippen molar-refractivity contribution in [1.29, 1.82) is 0 Å². The molecular weight excluding hydrogens is 292 g/mol. The van der Waals surface area contributed by atoms with Crippen LogP contribution in [0.4, 0.5) is 0 Å². The fraction of sp³-hybridized carbons (Fsp3) is 0.263. The maximum absolute atomic E-state index is 4.06. The SMILES string of the molecule is CC(CC1=CCCC=C1)[n+]1ccc(-c2ccncc2)cc1.[Cl-]. The summed E-state index contributed by atoms with van der Waals surface area (Å²) in [5.41, 5.74) is 3.90. The Hall–Kier alpha value is -1.93. The molecule has 0 radical (unpaired) electrons. The molecule has 0 aliphatic heterocycles. The van der Waals surface area contributed by atoms with E-state index in [0.29, 0.717) is 6.04 Å². The Bertz CT molecular complexity index is 645. The van der Waals surface area contributed by atoms with Crippen molar-refractivity contribution in [3.05, 3.63) is 72.9 Å². The first-order valence-electron chi connectivity index (χ1n) is 7.60. The van der Waals surface area contributed by atoms with Crippen LogP contribution in [-0.4, -0.2) is 4.98 Å². The summed E-state index contributed by atoms with van der Waals surface area (Å²) in [6, 6.07) is 8.92. The number of allylic oxidation sites excluding steroid dienone is 4. The molecular formula is C19H21ClN2. The molecule has 2 heterocycles. The predicted octanol–water partition coefficient (Wildman–Crippen LogP) is 1.27. The lowest BCUT2D eigenvalue weighted by Gasteiger charge is -2.11. The molecule has 22 heavy (non-hydrogen) atoms. The third-order valence-electron chi connectivity index (χ3n) is 3.98. The summed E-state index contributed by atoms with van der Waals surface area (Å²) < 4.78 is 2.29. The van der Waals surface area contributed by atoms with E-state index in [-0.39, 0.29) is 12.4 Å². The van der Waals surface area contributed by atoms with Crippen LogP contribution < -0.4 is 17.0 Å². The Morgan fingerprint density at radius 3 is 2.36 bits per heavy atom. The highest BCUT2D eigenvalue weighted by Gasteiger charge is 2.14. The number of rotatable bonds is 4. The molecule has 1 atom stereocenters. The van der Waals surface area contributed by atoms with E-state index >= 15 is 0 Å². The molecule has 1 aliphatic rings. The molecule has 2 aromatic heterocycles. The summed E-state index contributed by atoms with van der Waals surface area (Å²) in [5.74, 6) is 0. The Balaban J connectivity index is 0.00000176. The standard InChI is InChI=1S/C19H21N2.ClH/c1-16(15-17-5-3-2-4-6-17)21-13-9-19(10-14-21)18-7-11-20-12-8-18;/h3,5-14,16H,2,4,15H2,1H3;1H/q+1;/p-1. The molecule has 0 saturated carbocycles. The van der Waals surface area contributed by atoms with Crippen molar-refractivity contribution in [1.82, 2.24) is 4.98 Å². The molecule has 0 bridgehead atoms. The van der Waals surface area contributed by atoms with E-state index in [9.17, 15) is 0 Å². The van der Waals surface area contributed by atoms with Gasteiger partial charge in [0.1, 0.15) is 0 Å². The van der Waals surface area contributed by atoms with E-state index in [1.54, 1.807) is 0 Å². The van der Waals surface area contributed by atoms with Gasteiger partial charge < -0.3 is 12.4 Å². The van der Waals surface area contributed by atoms with Crippen LogP contribution in [0.25, 0.3) is 11.1 Å². The highest BCUT2D eigenvalue weighted by atomic mass is 35.5. The van der Waals surface area contributed by atoms with Gasteiger partial charge in [0.2, 0.25) is 0 Å². The zero-order valence-corrected chi connectivity index (χ0v) is 13.6. The van der Waals surface area contributed by atoms with Crippen LogP contribution >= 0.6 is 0 Å². The van der Waals surface area contributed by atoms with Crippen LogP contribution in [0, 0.1) is 0 Å². The molecule has 3 rings (SSSR count). The number of halogens is 1. The van der Waals surface area contributed by atoms with Crippen molar-refractivity contribution in [2.75, 3.05) is 0 Å². The normalized spacial score (nSPS) is 14.9. The molecule has 0 amide bonds. The Morgan fingerprint density at radius 1 is 1.05 bits per heavy atom. The second-order valence-electron chi connectivity index (χ2n) is 5.58. The predicted molar refractivity (Wildman–Crippen MR) is 85.7 cm³/mol. The van der Waals surface area contributed by atoms with E-state index in [0.717, 1.165) is 6.42 Å². The minimum Gasteiger partial charge on any atom is -1.00 e. The average molecular weight is 313 g/mol. The lowest BCUT2D eigenvalue weighted by atomic mass is 10.0. The summed E-state index contributed by atoms with van der Waals surface area (Å²) in [6.45, 7) is 2.27. The molecule has 2 aromatic rings. The van der Waals surface area contributed by atoms with Gasteiger partial charge in [0.15, 0.2) is 18.4 Å². The first kappa shape index (κ1) is 16.4. The number of aromatic nitrogens is 2. The minimum atomic E-state index is 0. The zero-order valence-electron chi connectivity index (χ0n) is 12.8. The van der Waals surface area contributed by atoms with Crippen molar-refractivity contribution in [2.24, 2.45) is 0 Å². The van der Waals surface area contributed by atoms with Gasteiger partial charge in [-0.25, -0.2) is 4.57 Å². The Kier molecular flexibility index (Phi) is 5.91. The van der Waals surface area contributed by atoms with Crippen molar-refractivity contribution in [2.45, 2.75) is 32.2 Å². The van der Waals surface area contributed by atoms with Crippen LogP contribution in [0.2, 0.25) is 0 Å². The molecule has 1 unspecified atom stereocenters. The van der Waals surface area contributed by atoms with Crippen molar-refractivity contribution in [3.63, 3.8) is 0 Å². The second-order valence-corrected chi connectivity index (χ2v) is 5.58. The summed E-state index contributed by atoms with van der Waals surface area (Å²) >= 11 is 0. The lowest BCUT2D eigenvalue weighted by molar-refractivity contribution is -0.719. The van der Waals surface area contributed by atoms with Gasteiger partial charge >= 0.3 is 0 Å². The number of nitrogens with zero attached hydrogens (tertiary/aromatic N) is 2. The number of hydrogen-bond acceptors (Lipinski definition) is 1. The molecule has 114 valence electrons. The molecule has 1 aliphatic carbocycles. The lowest BCUT2D eigenvalue weighted by Crippen LogP contribution is -3.00. The molecule has 0 spiro atoms. The maximum atomic E-state index is 4.06. The quantitative estimate of drug-likeness (QED) is 0.777. The van der Waals surface area contributed by atoms with Crippen LogP contribution in [0.15, 0.2) is 72.9 Å². The second kappa shape index (κ2) is 7.90. The first-order valence-corrected chi connectivity index (χ1v) is 7.60. The highest BCUT2D eigenvalue weighted by Crippen LogP contribution is 2.19. The van der Waals surface area contributed by atoms with Crippen LogP contribution in [0.3, 0.4) is 0 Å². The molecule has 0 fully saturated rings. The topological polar surface area (TPSA) is 16.8 Å². The molecule has 2 nitrogen and oxygen atoms in total. The molecule has 0 saturated heterocycles. The molecule has 0 N–H and O–H groups in total. The van der Waals surface area contributed by atoms with Gasteiger partial charge in [0, 0.05) is 30.9 Å². The van der Waals surface area contributed by atoms with Crippen LogP contribution in [0.1, 0.15) is 32.2 Å². The van der Waals surface area contributed by atoms with Gasteiger partial charge in [-0.2, -0.15) is 0 Å². The van der Waals surface area contributed by atoms with Gasteiger partial charge in [-0.05, 0) is 48.6 Å². The Morgan fingerprint density at radius 2 is 1.73 bits per heavy atom. The fourth-order valence-corrected chi connectivity index (χ4v) is 2.73. The molecule has 0 aromatic carbocycles. The summed E-state index contributed by atoms with van der Waals surface area (Å²) in [5, 5.41) is 0. The van der Waals surface area contributed by atoms with E-state index in [1.807, 2.05) is 24.5 Å². The summed E-state index contributed by atoms with van der Waals surface area (Å²) in [6.07, 6.45) is 18.4. The van der Waals surface area contributed by atoms with Crippen molar-refractivity contribution < 1.29 is 17.0 Å². The first-order chi connectivity index (χ1) is 10.3. The largest absolute Gasteiger partial charge is 1.00 e. The summed E-state index contributed by atoms with van der Waals surface area (Å²) in [7, 11) is 0. The van der Waals surface area contributed by atoms with Gasteiger partial charge in [-0.3, -0.25) is 4.98 Å². The third-order valence-corrected chi connectivity index (χ3v) is 3.98. The minimum absolute atomic E-state index is 0. The zero-order chi connectivity index (χ0) is 14.5. The van der Waals surface area contributed by atoms with Gasteiger partial charge in [-0.15, -0.1) is 0 Å². The van der Waals surface area contributed by atoms with Crippen molar-refractivity contribution in [3.8, 4) is 11.1 Å². The van der Waals surface area contributed by atoms with Crippen LogP contribution in [0.5, 0.6) is 0 Å². The number of pyridine rings is 2. The van der Waals surface area contributed by atoms with Gasteiger partial charge in [0.25, 0.3) is 0 Å². The van der Waals surface area contributed by atoms with E-state index < -0.39 is 0 Å². The Labute approximate surface area is 138 Å².